The molecule has 3 nitrogen and oxygen atoms in total. The number of nitrogens with two attached hydrogens (primary N) is 1. The Balaban J connectivity index is 1.74. The Labute approximate surface area is 127 Å². The van der Waals surface area contributed by atoms with Crippen molar-refractivity contribution in [2.75, 3.05) is 41.7 Å². The van der Waals surface area contributed by atoms with Crippen LogP contribution in [0.4, 0.5) is 17.1 Å². The third-order valence-corrected chi connectivity index (χ3v) is 4.25. The first-order valence-corrected chi connectivity index (χ1v) is 7.57. The summed E-state index contributed by atoms with van der Waals surface area (Å²) in [6.45, 7) is 8.33. The number of nitrogen functional groups attached to an aromatic ring is 1. The zero-order chi connectivity index (χ0) is 14.8. The van der Waals surface area contributed by atoms with Gasteiger partial charge in [-0.05, 0) is 43.2 Å². The first-order chi connectivity index (χ1) is 10.1. The predicted octanol–water partition coefficient (Wildman–Crippen LogP) is 3.21. The second-order valence-electron chi connectivity index (χ2n) is 5.82. The number of aryl methyl sites for hydroxylation is 2. The number of nitrogens with zero attached hydrogens (tertiary/aromatic N) is 2. The van der Waals surface area contributed by atoms with Gasteiger partial charge in [-0.1, -0.05) is 24.3 Å². The maximum Gasteiger partial charge on any atom is 0.0606 e. The molecule has 0 amide bonds. The van der Waals surface area contributed by atoms with Crippen LogP contribution in [0.15, 0.2) is 42.5 Å². The summed E-state index contributed by atoms with van der Waals surface area (Å²) in [5.74, 6) is 0. The third-order valence-electron chi connectivity index (χ3n) is 4.25. The van der Waals surface area contributed by atoms with E-state index in [9.17, 15) is 0 Å². The van der Waals surface area contributed by atoms with Gasteiger partial charge in [-0.2, -0.15) is 0 Å². The molecule has 3 heteroatoms. The van der Waals surface area contributed by atoms with Crippen LogP contribution in [0.25, 0.3) is 0 Å². The maximum absolute atomic E-state index is 6.27. The fourth-order valence-corrected chi connectivity index (χ4v) is 3.06. The number of anilines is 3. The van der Waals surface area contributed by atoms with Crippen LogP contribution < -0.4 is 15.5 Å². The molecule has 1 saturated heterocycles. The molecule has 21 heavy (non-hydrogen) atoms. The number of rotatable bonds is 2. The number of hydrogen-bond acceptors (Lipinski definition) is 3. The van der Waals surface area contributed by atoms with Crippen LogP contribution in [0, 0.1) is 13.8 Å². The van der Waals surface area contributed by atoms with Crippen LogP contribution in [0.2, 0.25) is 0 Å². The van der Waals surface area contributed by atoms with Gasteiger partial charge >= 0.3 is 0 Å². The van der Waals surface area contributed by atoms with E-state index in [2.05, 4.69) is 66.1 Å². The van der Waals surface area contributed by atoms with Crippen LogP contribution >= 0.6 is 0 Å². The lowest BCUT2D eigenvalue weighted by molar-refractivity contribution is 0.654. The zero-order valence-electron chi connectivity index (χ0n) is 12.8. The van der Waals surface area contributed by atoms with Gasteiger partial charge in [0.2, 0.25) is 0 Å². The van der Waals surface area contributed by atoms with Crippen molar-refractivity contribution in [1.82, 2.24) is 0 Å². The molecule has 0 aliphatic carbocycles. The Morgan fingerprint density at radius 2 is 1.48 bits per heavy atom. The molecule has 1 aliphatic heterocycles. The topological polar surface area (TPSA) is 32.5 Å². The van der Waals surface area contributed by atoms with Gasteiger partial charge in [0, 0.05) is 31.9 Å². The van der Waals surface area contributed by atoms with E-state index in [4.69, 9.17) is 5.73 Å². The third kappa shape index (κ3) is 2.82. The fourth-order valence-electron chi connectivity index (χ4n) is 3.06. The molecular weight excluding hydrogens is 258 g/mol. The molecular formula is C18H23N3. The van der Waals surface area contributed by atoms with E-state index < -0.39 is 0 Å². The standard InChI is InChI=1S/C18H23N3/c1-14-12-15(2)18(19)17(13-14)21-10-8-20(9-11-21)16-6-4-3-5-7-16/h3-7,12-13H,8-11,19H2,1-2H3. The summed E-state index contributed by atoms with van der Waals surface area (Å²) in [5, 5.41) is 0. The maximum atomic E-state index is 6.27. The zero-order valence-corrected chi connectivity index (χ0v) is 12.8. The molecule has 1 aliphatic rings. The van der Waals surface area contributed by atoms with E-state index in [1.807, 2.05) is 0 Å². The number of hydrogen-bond donors (Lipinski definition) is 1. The van der Waals surface area contributed by atoms with Crippen LogP contribution in [-0.2, 0) is 0 Å². The molecule has 0 atom stereocenters. The average Bonchev–Trinajstić information content (AvgIpc) is 2.52. The van der Waals surface area contributed by atoms with E-state index in [1.165, 1.54) is 22.5 Å². The number of benzene rings is 2. The summed E-state index contributed by atoms with van der Waals surface area (Å²) in [4.78, 5) is 4.85. The van der Waals surface area contributed by atoms with Crippen molar-refractivity contribution >= 4 is 17.1 Å². The Hall–Kier alpha value is -2.16. The highest BCUT2D eigenvalue weighted by Crippen LogP contribution is 2.29. The minimum Gasteiger partial charge on any atom is -0.397 e. The molecule has 2 aromatic rings. The first-order valence-electron chi connectivity index (χ1n) is 7.57. The molecule has 1 fully saturated rings. The largest absolute Gasteiger partial charge is 0.397 e. The van der Waals surface area contributed by atoms with Crippen LogP contribution in [-0.4, -0.2) is 26.2 Å². The molecule has 2 N–H and O–H groups in total. The van der Waals surface area contributed by atoms with Crippen molar-refractivity contribution in [3.63, 3.8) is 0 Å². The highest BCUT2D eigenvalue weighted by molar-refractivity contribution is 5.72. The molecule has 0 aromatic heterocycles. The van der Waals surface area contributed by atoms with Crippen molar-refractivity contribution in [2.45, 2.75) is 13.8 Å². The van der Waals surface area contributed by atoms with Crippen molar-refractivity contribution < 1.29 is 0 Å². The van der Waals surface area contributed by atoms with Gasteiger partial charge in [0.25, 0.3) is 0 Å². The van der Waals surface area contributed by atoms with Gasteiger partial charge in [-0.15, -0.1) is 0 Å². The minimum absolute atomic E-state index is 0.925. The predicted molar refractivity (Wildman–Crippen MR) is 91.2 cm³/mol. The van der Waals surface area contributed by atoms with Gasteiger partial charge in [0.05, 0.1) is 11.4 Å². The van der Waals surface area contributed by atoms with Crippen molar-refractivity contribution in [1.29, 1.82) is 0 Å². The lowest BCUT2D eigenvalue weighted by Gasteiger charge is -2.38. The normalized spacial score (nSPS) is 15.3. The van der Waals surface area contributed by atoms with Gasteiger partial charge in [0.15, 0.2) is 0 Å². The fraction of sp³-hybridized carbons (Fsp3) is 0.333. The summed E-state index contributed by atoms with van der Waals surface area (Å²) in [6, 6.07) is 15.0. The van der Waals surface area contributed by atoms with E-state index >= 15 is 0 Å². The second-order valence-corrected chi connectivity index (χ2v) is 5.82. The molecule has 110 valence electrons. The Morgan fingerprint density at radius 3 is 2.14 bits per heavy atom. The number of piperazine rings is 1. The Morgan fingerprint density at radius 1 is 0.857 bits per heavy atom. The van der Waals surface area contributed by atoms with Crippen molar-refractivity contribution in [2.24, 2.45) is 0 Å². The molecule has 2 aromatic carbocycles. The second kappa shape index (κ2) is 5.68. The summed E-state index contributed by atoms with van der Waals surface area (Å²) in [6.07, 6.45) is 0. The van der Waals surface area contributed by atoms with E-state index in [0.717, 1.165) is 31.9 Å². The van der Waals surface area contributed by atoms with Crippen LogP contribution in [0.3, 0.4) is 0 Å². The van der Waals surface area contributed by atoms with Crippen LogP contribution in [0.1, 0.15) is 11.1 Å². The average molecular weight is 281 g/mol. The lowest BCUT2D eigenvalue weighted by Crippen LogP contribution is -2.46. The highest BCUT2D eigenvalue weighted by Gasteiger charge is 2.19. The van der Waals surface area contributed by atoms with E-state index in [-0.39, 0.29) is 0 Å². The molecule has 0 unspecified atom stereocenters. The van der Waals surface area contributed by atoms with Crippen LogP contribution in [0.5, 0.6) is 0 Å². The van der Waals surface area contributed by atoms with Crippen molar-refractivity contribution in [3.05, 3.63) is 53.6 Å². The minimum atomic E-state index is 0.925. The smallest absolute Gasteiger partial charge is 0.0606 e. The summed E-state index contributed by atoms with van der Waals surface area (Å²) in [7, 11) is 0. The summed E-state index contributed by atoms with van der Waals surface area (Å²) in [5.41, 5.74) is 12.2. The molecule has 0 spiro atoms. The molecule has 3 rings (SSSR count). The first kappa shape index (κ1) is 13.8. The molecule has 0 saturated carbocycles. The summed E-state index contributed by atoms with van der Waals surface area (Å²) < 4.78 is 0. The molecule has 1 heterocycles. The lowest BCUT2D eigenvalue weighted by atomic mass is 10.1. The summed E-state index contributed by atoms with van der Waals surface area (Å²) >= 11 is 0. The van der Waals surface area contributed by atoms with Gasteiger partial charge in [0.1, 0.15) is 0 Å². The van der Waals surface area contributed by atoms with Gasteiger partial charge in [-0.25, -0.2) is 0 Å². The molecule has 0 bridgehead atoms. The van der Waals surface area contributed by atoms with Gasteiger partial charge in [-0.3, -0.25) is 0 Å². The van der Waals surface area contributed by atoms with Crippen molar-refractivity contribution in [3.8, 4) is 0 Å². The SMILES string of the molecule is Cc1cc(C)c(N)c(N2CCN(c3ccccc3)CC2)c1. The van der Waals surface area contributed by atoms with E-state index in [0.29, 0.717) is 0 Å². The monoisotopic (exact) mass is 281 g/mol. The van der Waals surface area contributed by atoms with E-state index in [1.54, 1.807) is 0 Å². The quantitative estimate of drug-likeness (QED) is 0.858. The number of para-hydroxylation sites is 1. The molecule has 0 radical (unpaired) electrons. The van der Waals surface area contributed by atoms with Gasteiger partial charge < -0.3 is 15.5 Å². The Kier molecular flexibility index (Phi) is 3.74. The highest BCUT2D eigenvalue weighted by atomic mass is 15.3. The Bertz CT molecular complexity index is 614.